The number of imidazole rings is 1. The molecule has 0 saturated carbocycles. The van der Waals surface area contributed by atoms with E-state index in [9.17, 15) is 5.11 Å². The third kappa shape index (κ3) is 2.90. The van der Waals surface area contributed by atoms with E-state index in [1.165, 1.54) is 0 Å². The number of aryl methyl sites for hydroxylation is 1. The SMILES string of the molecule is Cn1ccnc1C(=S)CCCC[O]. The van der Waals surface area contributed by atoms with E-state index in [1.54, 1.807) is 6.20 Å². The van der Waals surface area contributed by atoms with E-state index >= 15 is 0 Å². The second kappa shape index (κ2) is 5.09. The first-order chi connectivity index (χ1) is 6.25. The maximum atomic E-state index is 10.2. The smallest absolute Gasteiger partial charge is 0.146 e. The highest BCUT2D eigenvalue weighted by Gasteiger charge is 2.05. The number of hydrogen-bond acceptors (Lipinski definition) is 2. The van der Waals surface area contributed by atoms with Gasteiger partial charge in [-0.2, -0.15) is 0 Å². The molecule has 0 aliphatic rings. The van der Waals surface area contributed by atoms with Gasteiger partial charge in [0.2, 0.25) is 0 Å². The Morgan fingerprint density at radius 3 is 2.92 bits per heavy atom. The van der Waals surface area contributed by atoms with E-state index in [1.807, 2.05) is 17.8 Å². The summed E-state index contributed by atoms with van der Waals surface area (Å²) in [5.41, 5.74) is 0. The van der Waals surface area contributed by atoms with Crippen LogP contribution in [0.1, 0.15) is 25.1 Å². The number of rotatable bonds is 5. The van der Waals surface area contributed by atoms with Gasteiger partial charge in [0.05, 0.1) is 11.5 Å². The molecule has 0 amide bonds. The van der Waals surface area contributed by atoms with Crippen LogP contribution >= 0.6 is 12.2 Å². The summed E-state index contributed by atoms with van der Waals surface area (Å²) < 4.78 is 1.90. The summed E-state index contributed by atoms with van der Waals surface area (Å²) in [7, 11) is 1.92. The van der Waals surface area contributed by atoms with Gasteiger partial charge in [-0.25, -0.2) is 10.1 Å². The Balaban J connectivity index is 2.45. The number of hydrogen-bond donors (Lipinski definition) is 0. The summed E-state index contributed by atoms with van der Waals surface area (Å²) in [6.07, 6.45) is 5.96. The quantitative estimate of drug-likeness (QED) is 0.409. The zero-order chi connectivity index (χ0) is 9.68. The van der Waals surface area contributed by atoms with Crippen molar-refractivity contribution < 1.29 is 5.11 Å². The van der Waals surface area contributed by atoms with E-state index in [0.29, 0.717) is 6.42 Å². The van der Waals surface area contributed by atoms with Crippen LogP contribution in [0.15, 0.2) is 12.4 Å². The zero-order valence-corrected chi connectivity index (χ0v) is 8.51. The van der Waals surface area contributed by atoms with Crippen LogP contribution < -0.4 is 0 Å². The first kappa shape index (κ1) is 10.3. The molecule has 0 aliphatic carbocycles. The third-order valence-electron chi connectivity index (χ3n) is 1.87. The summed E-state index contributed by atoms with van der Waals surface area (Å²) in [6.45, 7) is -0.0107. The van der Waals surface area contributed by atoms with Crippen LogP contribution in [0.5, 0.6) is 0 Å². The summed E-state index contributed by atoms with van der Waals surface area (Å²) in [5, 5.41) is 10.2. The maximum absolute atomic E-state index is 10.2. The molecule has 1 rings (SSSR count). The average molecular weight is 197 g/mol. The van der Waals surface area contributed by atoms with E-state index < -0.39 is 0 Å². The molecule has 3 nitrogen and oxygen atoms in total. The van der Waals surface area contributed by atoms with Gasteiger partial charge in [-0.15, -0.1) is 0 Å². The molecule has 4 heteroatoms. The minimum Gasteiger partial charge on any atom is -0.334 e. The van der Waals surface area contributed by atoms with Crippen LogP contribution in [-0.4, -0.2) is 21.0 Å². The Morgan fingerprint density at radius 1 is 1.62 bits per heavy atom. The first-order valence-corrected chi connectivity index (χ1v) is 4.75. The number of unbranched alkanes of at least 4 members (excludes halogenated alkanes) is 1. The molecule has 0 atom stereocenters. The van der Waals surface area contributed by atoms with Gasteiger partial charge in [0.1, 0.15) is 5.82 Å². The van der Waals surface area contributed by atoms with E-state index in [2.05, 4.69) is 4.98 Å². The molecule has 1 aromatic heterocycles. The summed E-state index contributed by atoms with van der Waals surface area (Å²) in [4.78, 5) is 4.99. The average Bonchev–Trinajstić information content (AvgIpc) is 2.52. The largest absolute Gasteiger partial charge is 0.334 e. The van der Waals surface area contributed by atoms with Crippen molar-refractivity contribution in [3.05, 3.63) is 18.2 Å². The Hall–Kier alpha value is -0.740. The Kier molecular flexibility index (Phi) is 4.05. The molecule has 0 fully saturated rings. The standard InChI is InChI=1S/C9H13N2OS/c1-11-6-5-10-9(11)8(13)4-2-3-7-12/h5-6H,2-4,7H2,1H3. The monoisotopic (exact) mass is 197 g/mol. The van der Waals surface area contributed by atoms with Crippen molar-refractivity contribution in [3.63, 3.8) is 0 Å². The van der Waals surface area contributed by atoms with Crippen LogP contribution in [0.25, 0.3) is 0 Å². The topological polar surface area (TPSA) is 37.7 Å². The zero-order valence-electron chi connectivity index (χ0n) is 7.69. The Bertz CT molecular complexity index is 283. The molecule has 0 unspecified atom stereocenters. The highest BCUT2D eigenvalue weighted by Crippen LogP contribution is 2.05. The second-order valence-corrected chi connectivity index (χ2v) is 3.44. The lowest BCUT2D eigenvalue weighted by atomic mass is 10.2. The molecular weight excluding hydrogens is 184 g/mol. The van der Waals surface area contributed by atoms with Gasteiger partial charge in [0.25, 0.3) is 0 Å². The highest BCUT2D eigenvalue weighted by atomic mass is 32.1. The van der Waals surface area contributed by atoms with Crippen LogP contribution in [0, 0.1) is 0 Å². The molecule has 0 bridgehead atoms. The van der Waals surface area contributed by atoms with Gasteiger partial charge in [0.15, 0.2) is 0 Å². The van der Waals surface area contributed by atoms with Gasteiger partial charge in [-0.3, -0.25) is 0 Å². The minimum atomic E-state index is -0.0107. The number of aromatic nitrogens is 2. The van der Waals surface area contributed by atoms with Crippen molar-refractivity contribution in [1.29, 1.82) is 0 Å². The molecule has 1 radical (unpaired) electrons. The summed E-state index contributed by atoms with van der Waals surface area (Å²) in [5.74, 6) is 0.848. The summed E-state index contributed by atoms with van der Waals surface area (Å²) >= 11 is 5.19. The van der Waals surface area contributed by atoms with Gasteiger partial charge in [-0.1, -0.05) is 12.2 Å². The number of thiocarbonyl (C=S) groups is 1. The Labute approximate surface area is 83.4 Å². The lowest BCUT2D eigenvalue weighted by molar-refractivity contribution is 0.187. The van der Waals surface area contributed by atoms with Crippen molar-refractivity contribution in [3.8, 4) is 0 Å². The molecule has 0 N–H and O–H groups in total. The first-order valence-electron chi connectivity index (χ1n) is 4.34. The molecule has 0 spiro atoms. The lowest BCUT2D eigenvalue weighted by Gasteiger charge is -2.02. The van der Waals surface area contributed by atoms with Crippen molar-refractivity contribution >= 4 is 17.1 Å². The molecule has 0 aliphatic heterocycles. The normalized spacial score (nSPS) is 10.3. The molecule has 71 valence electrons. The van der Waals surface area contributed by atoms with Crippen molar-refractivity contribution in [2.75, 3.05) is 6.61 Å². The Morgan fingerprint density at radius 2 is 2.38 bits per heavy atom. The minimum absolute atomic E-state index is 0.0107. The molecule has 0 saturated heterocycles. The van der Waals surface area contributed by atoms with Gasteiger partial charge in [0, 0.05) is 19.4 Å². The molecule has 1 aromatic rings. The lowest BCUT2D eigenvalue weighted by Crippen LogP contribution is -2.05. The molecule has 1 heterocycles. The fourth-order valence-corrected chi connectivity index (χ4v) is 1.47. The highest BCUT2D eigenvalue weighted by molar-refractivity contribution is 7.80. The van der Waals surface area contributed by atoms with Crippen LogP contribution in [0.2, 0.25) is 0 Å². The summed E-state index contributed by atoms with van der Waals surface area (Å²) in [6, 6.07) is 0. The van der Waals surface area contributed by atoms with E-state index in [-0.39, 0.29) is 6.61 Å². The second-order valence-electron chi connectivity index (χ2n) is 2.95. The van der Waals surface area contributed by atoms with Crippen molar-refractivity contribution in [1.82, 2.24) is 9.55 Å². The number of nitrogens with zero attached hydrogens (tertiary/aromatic N) is 2. The van der Waals surface area contributed by atoms with Crippen molar-refractivity contribution in [2.24, 2.45) is 7.05 Å². The van der Waals surface area contributed by atoms with Gasteiger partial charge >= 0.3 is 0 Å². The van der Waals surface area contributed by atoms with E-state index in [0.717, 1.165) is 23.5 Å². The van der Waals surface area contributed by atoms with Gasteiger partial charge in [-0.05, 0) is 19.3 Å². The molecular formula is C9H13N2OS. The molecule has 13 heavy (non-hydrogen) atoms. The third-order valence-corrected chi connectivity index (χ3v) is 2.26. The van der Waals surface area contributed by atoms with Crippen LogP contribution in [-0.2, 0) is 12.2 Å². The van der Waals surface area contributed by atoms with Crippen molar-refractivity contribution in [2.45, 2.75) is 19.3 Å². The van der Waals surface area contributed by atoms with Crippen LogP contribution in [0.4, 0.5) is 0 Å². The van der Waals surface area contributed by atoms with Crippen LogP contribution in [0.3, 0.4) is 0 Å². The van der Waals surface area contributed by atoms with Gasteiger partial charge < -0.3 is 4.57 Å². The fourth-order valence-electron chi connectivity index (χ4n) is 1.13. The fraction of sp³-hybridized carbons (Fsp3) is 0.556. The predicted octanol–water partition coefficient (Wildman–Crippen LogP) is 1.74. The van der Waals surface area contributed by atoms with E-state index in [4.69, 9.17) is 12.2 Å². The predicted molar refractivity (Wildman–Crippen MR) is 54.3 cm³/mol. The molecule has 0 aromatic carbocycles. The maximum Gasteiger partial charge on any atom is 0.146 e.